The number of amides is 3. The molecule has 6 rings (SSSR count). The fourth-order valence-corrected chi connectivity index (χ4v) is 6.01. The Morgan fingerprint density at radius 3 is 2.58 bits per heavy atom. The van der Waals surface area contributed by atoms with Crippen LogP contribution in [-0.4, -0.2) is 48.7 Å². The smallest absolute Gasteiger partial charge is 0.332 e. The number of fused-ring (bicyclic) bond motifs is 5. The van der Waals surface area contributed by atoms with Crippen LogP contribution in [0.2, 0.25) is 0 Å². The lowest BCUT2D eigenvalue weighted by Gasteiger charge is -2.40. The van der Waals surface area contributed by atoms with Crippen molar-refractivity contribution in [2.45, 2.75) is 38.6 Å². The molecule has 3 aromatic carbocycles. The molecular weight excluding hydrogens is 506 g/mol. The molecular formula is C32H33N3O5. The van der Waals surface area contributed by atoms with E-state index in [4.69, 9.17) is 14.2 Å². The van der Waals surface area contributed by atoms with E-state index >= 15 is 0 Å². The monoisotopic (exact) mass is 539 g/mol. The third-order valence-corrected chi connectivity index (χ3v) is 7.97. The number of H-pyrrole nitrogens is 1. The van der Waals surface area contributed by atoms with Crippen LogP contribution in [0.5, 0.6) is 17.2 Å². The molecule has 3 heterocycles. The fourth-order valence-electron chi connectivity index (χ4n) is 6.01. The molecule has 0 unspecified atom stereocenters. The number of imide groups is 1. The topological polar surface area (TPSA) is 84.1 Å². The van der Waals surface area contributed by atoms with Gasteiger partial charge in [-0.1, -0.05) is 37.3 Å². The lowest BCUT2D eigenvalue weighted by molar-refractivity contribution is -0.125. The molecule has 0 radical (unpaired) electrons. The summed E-state index contributed by atoms with van der Waals surface area (Å²) in [5, 5.41) is 1.03. The van der Waals surface area contributed by atoms with Crippen molar-refractivity contribution >= 4 is 28.5 Å². The molecule has 2 atom stereocenters. The molecule has 40 heavy (non-hydrogen) atoms. The first-order valence-electron chi connectivity index (χ1n) is 13.7. The Kier molecular flexibility index (Phi) is 6.41. The average Bonchev–Trinajstić information content (AvgIpc) is 3.46. The molecule has 0 bridgehead atoms. The Labute approximate surface area is 233 Å². The van der Waals surface area contributed by atoms with Gasteiger partial charge in [-0.05, 0) is 61.7 Å². The molecule has 2 aliphatic rings. The van der Waals surface area contributed by atoms with Crippen molar-refractivity contribution in [2.75, 3.05) is 31.8 Å². The Balaban J connectivity index is 1.51. The van der Waals surface area contributed by atoms with Crippen LogP contribution in [-0.2, 0) is 10.3 Å². The van der Waals surface area contributed by atoms with E-state index < -0.39 is 5.54 Å². The largest absolute Gasteiger partial charge is 0.497 e. The highest BCUT2D eigenvalue weighted by atomic mass is 16.5. The summed E-state index contributed by atoms with van der Waals surface area (Å²) < 4.78 is 17.3. The van der Waals surface area contributed by atoms with Gasteiger partial charge in [-0.25, -0.2) is 9.69 Å². The summed E-state index contributed by atoms with van der Waals surface area (Å²) >= 11 is 0. The first kappa shape index (κ1) is 25.8. The summed E-state index contributed by atoms with van der Waals surface area (Å²) in [6.45, 7) is 7.28. The number of nitrogens with zero attached hydrogens (tertiary/aromatic N) is 2. The van der Waals surface area contributed by atoms with Gasteiger partial charge in [-0.2, -0.15) is 0 Å². The number of anilines is 1. The van der Waals surface area contributed by atoms with Gasteiger partial charge in [0.15, 0.2) is 17.0 Å². The number of nitrogens with one attached hydrogen (secondary N) is 1. The van der Waals surface area contributed by atoms with Crippen LogP contribution in [0.3, 0.4) is 0 Å². The summed E-state index contributed by atoms with van der Waals surface area (Å²) in [5.74, 6) is 1.45. The van der Waals surface area contributed by atoms with E-state index in [0.717, 1.165) is 34.1 Å². The van der Waals surface area contributed by atoms with Gasteiger partial charge in [0.1, 0.15) is 5.75 Å². The number of rotatable bonds is 8. The minimum atomic E-state index is -1.20. The van der Waals surface area contributed by atoms with Crippen LogP contribution in [0.15, 0.2) is 66.7 Å². The van der Waals surface area contributed by atoms with Crippen molar-refractivity contribution in [1.82, 2.24) is 9.88 Å². The van der Waals surface area contributed by atoms with Gasteiger partial charge in [-0.15, -0.1) is 0 Å². The molecule has 1 aromatic heterocycles. The van der Waals surface area contributed by atoms with E-state index in [0.29, 0.717) is 42.7 Å². The van der Waals surface area contributed by atoms with Crippen molar-refractivity contribution in [2.24, 2.45) is 0 Å². The van der Waals surface area contributed by atoms with Crippen molar-refractivity contribution in [3.8, 4) is 17.2 Å². The minimum Gasteiger partial charge on any atom is -0.497 e. The van der Waals surface area contributed by atoms with Gasteiger partial charge >= 0.3 is 6.03 Å². The van der Waals surface area contributed by atoms with Crippen molar-refractivity contribution in [3.05, 3.63) is 83.6 Å². The number of carbonyl (C=O) groups excluding carboxylic acids is 2. The normalized spacial score (nSPS) is 20.1. The quantitative estimate of drug-likeness (QED) is 0.270. The van der Waals surface area contributed by atoms with Crippen molar-refractivity contribution in [3.63, 3.8) is 0 Å². The van der Waals surface area contributed by atoms with Crippen LogP contribution < -0.4 is 19.1 Å². The molecule has 0 aliphatic carbocycles. The van der Waals surface area contributed by atoms with Crippen LogP contribution in [0.4, 0.5) is 10.5 Å². The van der Waals surface area contributed by atoms with E-state index in [9.17, 15) is 9.59 Å². The third-order valence-electron chi connectivity index (χ3n) is 7.97. The van der Waals surface area contributed by atoms with Crippen molar-refractivity contribution in [1.29, 1.82) is 0 Å². The van der Waals surface area contributed by atoms with E-state index in [-0.39, 0.29) is 17.9 Å². The minimum absolute atomic E-state index is 0.194. The summed E-state index contributed by atoms with van der Waals surface area (Å²) in [7, 11) is 1.56. The molecule has 1 fully saturated rings. The number of hydrogen-bond donors (Lipinski definition) is 1. The maximum absolute atomic E-state index is 14.2. The molecule has 1 N–H and O–H groups in total. The predicted octanol–water partition coefficient (Wildman–Crippen LogP) is 6.19. The number of ether oxygens (including phenoxy) is 3. The SMILES string of the molecule is CCCOc1ccc([C@@H]2CN3C(=O)N(c4cccc(OC)c4)C(=O)[C@]3(C)c3[nH]c4ccccc4c32)cc1OCC. The maximum atomic E-state index is 14.2. The Bertz CT molecular complexity index is 1610. The second-order valence-corrected chi connectivity index (χ2v) is 10.3. The van der Waals surface area contributed by atoms with E-state index in [1.807, 2.05) is 50.2 Å². The second-order valence-electron chi connectivity index (χ2n) is 10.3. The highest BCUT2D eigenvalue weighted by Crippen LogP contribution is 2.51. The number of aromatic nitrogens is 1. The maximum Gasteiger partial charge on any atom is 0.332 e. The number of para-hydroxylation sites is 1. The van der Waals surface area contributed by atoms with E-state index in [1.54, 1.807) is 36.3 Å². The Hall–Kier alpha value is -4.46. The van der Waals surface area contributed by atoms with Gasteiger partial charge in [0, 0.05) is 29.4 Å². The van der Waals surface area contributed by atoms with Crippen molar-refractivity contribution < 1.29 is 23.8 Å². The van der Waals surface area contributed by atoms with Crippen LogP contribution in [0.25, 0.3) is 10.9 Å². The third kappa shape index (κ3) is 3.81. The number of carbonyl (C=O) groups is 2. The molecule has 0 spiro atoms. The molecule has 206 valence electrons. The van der Waals surface area contributed by atoms with Crippen LogP contribution >= 0.6 is 0 Å². The second kappa shape index (κ2) is 9.93. The van der Waals surface area contributed by atoms with Gasteiger partial charge in [0.05, 0.1) is 31.7 Å². The van der Waals surface area contributed by atoms with Gasteiger partial charge in [-0.3, -0.25) is 4.79 Å². The summed E-state index contributed by atoms with van der Waals surface area (Å²) in [6, 6.07) is 20.7. The van der Waals surface area contributed by atoms with Gasteiger partial charge in [0.25, 0.3) is 5.91 Å². The lowest BCUT2D eigenvalue weighted by Crippen LogP contribution is -2.50. The highest BCUT2D eigenvalue weighted by molar-refractivity contribution is 6.23. The zero-order chi connectivity index (χ0) is 28.0. The number of aromatic amines is 1. The first-order valence-corrected chi connectivity index (χ1v) is 13.7. The number of hydrogen-bond acceptors (Lipinski definition) is 5. The molecule has 0 saturated carbocycles. The molecule has 4 aromatic rings. The lowest BCUT2D eigenvalue weighted by atomic mass is 9.78. The molecule has 8 nitrogen and oxygen atoms in total. The molecule has 2 aliphatic heterocycles. The number of benzene rings is 3. The first-order chi connectivity index (χ1) is 19.4. The standard InChI is InChI=1S/C32H33N3O5/c1-5-16-40-26-15-14-20(17-27(26)39-6-2)24-19-34-31(37)35(21-10-9-11-22(18-21)38-4)30(36)32(34,3)29-28(24)23-12-7-8-13-25(23)33-29/h7-15,17-18,24,33H,5-6,16,19H2,1-4H3/t24-,32-/m0/s1. The van der Waals surface area contributed by atoms with E-state index in [2.05, 4.69) is 18.0 Å². The Morgan fingerprint density at radius 2 is 1.80 bits per heavy atom. The number of methoxy groups -OCH3 is 1. The molecule has 1 saturated heterocycles. The van der Waals surface area contributed by atoms with Crippen LogP contribution in [0.1, 0.15) is 49.9 Å². The zero-order valence-corrected chi connectivity index (χ0v) is 23.2. The molecule has 8 heteroatoms. The Morgan fingerprint density at radius 1 is 0.975 bits per heavy atom. The summed E-state index contributed by atoms with van der Waals surface area (Å²) in [6.07, 6.45) is 0.891. The summed E-state index contributed by atoms with van der Waals surface area (Å²) in [5.41, 5.74) is 2.95. The zero-order valence-electron chi connectivity index (χ0n) is 23.2. The van der Waals surface area contributed by atoms with E-state index in [1.165, 1.54) is 4.90 Å². The predicted molar refractivity (Wildman–Crippen MR) is 153 cm³/mol. The van der Waals surface area contributed by atoms with Crippen LogP contribution in [0, 0.1) is 0 Å². The van der Waals surface area contributed by atoms with Gasteiger partial charge in [0.2, 0.25) is 0 Å². The highest BCUT2D eigenvalue weighted by Gasteiger charge is 2.60. The number of urea groups is 1. The fraction of sp³-hybridized carbons (Fsp3) is 0.312. The molecule has 3 amide bonds. The summed E-state index contributed by atoms with van der Waals surface area (Å²) in [4.78, 5) is 34.7. The van der Waals surface area contributed by atoms with Gasteiger partial charge < -0.3 is 24.1 Å². The average molecular weight is 540 g/mol.